The number of piperidine rings is 1. The Labute approximate surface area is 123 Å². The molecule has 0 aliphatic carbocycles. The van der Waals surface area contributed by atoms with Crippen LogP contribution in [-0.2, 0) is 0 Å². The monoisotopic (exact) mass is 377 g/mol. The molecule has 1 aromatic carbocycles. The SMILES string of the molecule is CC1CN(C(=O)c2ccc(F)c(Br)c2)CCC1Br. The molecule has 5 heteroatoms. The first-order valence-electron chi connectivity index (χ1n) is 5.87. The summed E-state index contributed by atoms with van der Waals surface area (Å²) < 4.78 is 13.5. The number of amides is 1. The molecular formula is C13H14Br2FNO. The summed E-state index contributed by atoms with van der Waals surface area (Å²) in [5.74, 6) is 0.0626. The molecule has 1 aliphatic heterocycles. The first kappa shape index (κ1) is 14.0. The second-order valence-electron chi connectivity index (χ2n) is 4.66. The lowest BCUT2D eigenvalue weighted by atomic mass is 9.99. The van der Waals surface area contributed by atoms with Gasteiger partial charge in [-0.2, -0.15) is 0 Å². The van der Waals surface area contributed by atoms with Gasteiger partial charge in [-0.25, -0.2) is 4.39 Å². The second kappa shape index (κ2) is 5.70. The van der Waals surface area contributed by atoms with Crippen molar-refractivity contribution >= 4 is 37.8 Å². The zero-order valence-electron chi connectivity index (χ0n) is 10.00. The quantitative estimate of drug-likeness (QED) is 0.680. The van der Waals surface area contributed by atoms with Crippen LogP contribution in [0.3, 0.4) is 0 Å². The number of halogens is 3. The summed E-state index contributed by atoms with van der Waals surface area (Å²) in [4.78, 5) is 14.6. The minimum absolute atomic E-state index is 0.0260. The van der Waals surface area contributed by atoms with Gasteiger partial charge < -0.3 is 4.90 Å². The standard InChI is InChI=1S/C13H14Br2FNO/c1-8-7-17(5-4-10(8)14)13(18)9-2-3-12(16)11(15)6-9/h2-3,6,8,10H,4-5,7H2,1H3. The first-order chi connectivity index (χ1) is 8.49. The molecule has 1 saturated heterocycles. The minimum atomic E-state index is -0.348. The summed E-state index contributed by atoms with van der Waals surface area (Å²) in [6.07, 6.45) is 0.954. The highest BCUT2D eigenvalue weighted by Gasteiger charge is 2.27. The van der Waals surface area contributed by atoms with E-state index in [2.05, 4.69) is 38.8 Å². The number of benzene rings is 1. The Morgan fingerprint density at radius 3 is 2.83 bits per heavy atom. The molecule has 2 unspecified atom stereocenters. The molecule has 0 spiro atoms. The number of carbonyl (C=O) groups is 1. The maximum atomic E-state index is 13.1. The fourth-order valence-corrected chi connectivity index (χ4v) is 2.86. The molecule has 0 radical (unpaired) electrons. The maximum Gasteiger partial charge on any atom is 0.253 e. The number of nitrogens with zero attached hydrogens (tertiary/aromatic N) is 1. The second-order valence-corrected chi connectivity index (χ2v) is 6.69. The molecule has 18 heavy (non-hydrogen) atoms. The van der Waals surface area contributed by atoms with Gasteiger partial charge in [0.05, 0.1) is 4.47 Å². The summed E-state index contributed by atoms with van der Waals surface area (Å²) in [6.45, 7) is 3.61. The molecule has 98 valence electrons. The molecule has 2 nitrogen and oxygen atoms in total. The summed E-state index contributed by atoms with van der Waals surface area (Å²) in [7, 11) is 0. The topological polar surface area (TPSA) is 20.3 Å². The highest BCUT2D eigenvalue weighted by Crippen LogP contribution is 2.25. The van der Waals surface area contributed by atoms with E-state index in [-0.39, 0.29) is 11.7 Å². The van der Waals surface area contributed by atoms with Crippen LogP contribution in [-0.4, -0.2) is 28.7 Å². The third-order valence-corrected chi connectivity index (χ3v) is 5.22. The third-order valence-electron chi connectivity index (χ3n) is 3.25. The lowest BCUT2D eigenvalue weighted by Gasteiger charge is -2.34. The van der Waals surface area contributed by atoms with E-state index in [1.807, 2.05) is 4.90 Å². The van der Waals surface area contributed by atoms with Crippen molar-refractivity contribution in [1.82, 2.24) is 4.90 Å². The lowest BCUT2D eigenvalue weighted by Crippen LogP contribution is -2.43. The Bertz CT molecular complexity index is 466. The Morgan fingerprint density at radius 2 is 2.22 bits per heavy atom. The molecule has 1 aromatic rings. The molecule has 0 N–H and O–H groups in total. The van der Waals surface area contributed by atoms with Gasteiger partial charge in [-0.15, -0.1) is 0 Å². The Balaban J connectivity index is 2.14. The Kier molecular flexibility index (Phi) is 4.43. The van der Waals surface area contributed by atoms with Gasteiger partial charge in [-0.1, -0.05) is 22.9 Å². The van der Waals surface area contributed by atoms with Gasteiger partial charge in [0.15, 0.2) is 0 Å². The average molecular weight is 379 g/mol. The molecule has 0 bridgehead atoms. The van der Waals surface area contributed by atoms with Crippen LogP contribution in [0.1, 0.15) is 23.7 Å². The largest absolute Gasteiger partial charge is 0.338 e. The molecule has 1 aliphatic rings. The summed E-state index contributed by atoms with van der Waals surface area (Å²) in [5.41, 5.74) is 0.531. The Hall–Kier alpha value is -0.420. The summed E-state index contributed by atoms with van der Waals surface area (Å²) in [6, 6.07) is 4.40. The van der Waals surface area contributed by atoms with E-state index < -0.39 is 0 Å². The predicted molar refractivity (Wildman–Crippen MR) is 76.5 cm³/mol. The van der Waals surface area contributed by atoms with Crippen molar-refractivity contribution in [3.05, 3.63) is 34.1 Å². The van der Waals surface area contributed by atoms with E-state index in [0.29, 0.717) is 20.8 Å². The van der Waals surface area contributed by atoms with Gasteiger partial charge in [0.1, 0.15) is 5.82 Å². The number of alkyl halides is 1. The van der Waals surface area contributed by atoms with Crippen molar-refractivity contribution in [3.8, 4) is 0 Å². The first-order valence-corrected chi connectivity index (χ1v) is 7.58. The van der Waals surface area contributed by atoms with Crippen LogP contribution in [0.25, 0.3) is 0 Å². The third kappa shape index (κ3) is 2.94. The van der Waals surface area contributed by atoms with Gasteiger partial charge in [0.25, 0.3) is 5.91 Å². The van der Waals surface area contributed by atoms with Crippen molar-refractivity contribution < 1.29 is 9.18 Å². The smallest absolute Gasteiger partial charge is 0.253 e. The minimum Gasteiger partial charge on any atom is -0.338 e. The van der Waals surface area contributed by atoms with Gasteiger partial charge in [-0.3, -0.25) is 4.79 Å². The van der Waals surface area contributed by atoms with Crippen LogP contribution < -0.4 is 0 Å². The van der Waals surface area contributed by atoms with Gasteiger partial charge in [0, 0.05) is 23.5 Å². The van der Waals surface area contributed by atoms with Gasteiger partial charge in [0.2, 0.25) is 0 Å². The fraction of sp³-hybridized carbons (Fsp3) is 0.462. The van der Waals surface area contributed by atoms with Crippen molar-refractivity contribution in [3.63, 3.8) is 0 Å². The van der Waals surface area contributed by atoms with Gasteiger partial charge in [-0.05, 0) is 46.5 Å². The zero-order valence-corrected chi connectivity index (χ0v) is 13.2. The Morgan fingerprint density at radius 1 is 1.50 bits per heavy atom. The number of hydrogen-bond donors (Lipinski definition) is 0. The van der Waals surface area contributed by atoms with Crippen molar-refractivity contribution in [1.29, 1.82) is 0 Å². The van der Waals surface area contributed by atoms with E-state index in [9.17, 15) is 9.18 Å². The number of likely N-dealkylation sites (tertiary alicyclic amines) is 1. The van der Waals surface area contributed by atoms with Crippen molar-refractivity contribution in [2.75, 3.05) is 13.1 Å². The van der Waals surface area contributed by atoms with Crippen LogP contribution in [0.15, 0.2) is 22.7 Å². The number of rotatable bonds is 1. The highest BCUT2D eigenvalue weighted by atomic mass is 79.9. The molecule has 2 rings (SSSR count). The van der Waals surface area contributed by atoms with E-state index in [1.54, 1.807) is 6.07 Å². The lowest BCUT2D eigenvalue weighted by molar-refractivity contribution is 0.0690. The molecule has 2 atom stereocenters. The molecule has 0 saturated carbocycles. The van der Waals surface area contributed by atoms with Crippen LogP contribution in [0.2, 0.25) is 0 Å². The van der Waals surface area contributed by atoms with Gasteiger partial charge >= 0.3 is 0 Å². The van der Waals surface area contributed by atoms with Crippen LogP contribution in [0.5, 0.6) is 0 Å². The van der Waals surface area contributed by atoms with E-state index >= 15 is 0 Å². The fourth-order valence-electron chi connectivity index (χ4n) is 2.11. The highest BCUT2D eigenvalue weighted by molar-refractivity contribution is 9.10. The average Bonchev–Trinajstić information content (AvgIpc) is 2.35. The van der Waals surface area contributed by atoms with E-state index in [4.69, 9.17) is 0 Å². The molecular weight excluding hydrogens is 365 g/mol. The van der Waals surface area contributed by atoms with Crippen molar-refractivity contribution in [2.24, 2.45) is 5.92 Å². The van der Waals surface area contributed by atoms with Crippen LogP contribution in [0.4, 0.5) is 4.39 Å². The molecule has 0 aromatic heterocycles. The predicted octanol–water partition coefficient (Wildman–Crippen LogP) is 3.83. The maximum absolute atomic E-state index is 13.1. The molecule has 1 amide bonds. The summed E-state index contributed by atoms with van der Waals surface area (Å²) >= 11 is 6.72. The molecule has 1 heterocycles. The van der Waals surface area contributed by atoms with E-state index in [0.717, 1.165) is 19.5 Å². The number of hydrogen-bond acceptors (Lipinski definition) is 1. The van der Waals surface area contributed by atoms with Crippen LogP contribution >= 0.6 is 31.9 Å². The number of carbonyl (C=O) groups excluding carboxylic acids is 1. The summed E-state index contributed by atoms with van der Waals surface area (Å²) in [5, 5.41) is 0. The van der Waals surface area contributed by atoms with Crippen LogP contribution in [0, 0.1) is 11.7 Å². The molecule has 1 fully saturated rings. The normalized spacial score (nSPS) is 24.1. The zero-order chi connectivity index (χ0) is 13.3. The van der Waals surface area contributed by atoms with E-state index in [1.165, 1.54) is 12.1 Å². The van der Waals surface area contributed by atoms with Crippen molar-refractivity contribution in [2.45, 2.75) is 18.2 Å².